The Morgan fingerprint density at radius 1 is 1.26 bits per heavy atom. The summed E-state index contributed by atoms with van der Waals surface area (Å²) in [5.74, 6) is -2.22. The zero-order chi connectivity index (χ0) is 28.5. The molecule has 2 amide bonds. The van der Waals surface area contributed by atoms with E-state index in [-0.39, 0.29) is 37.5 Å². The molecule has 2 bridgehead atoms. The van der Waals surface area contributed by atoms with E-state index >= 15 is 0 Å². The Bertz CT molecular complexity index is 1090. The van der Waals surface area contributed by atoms with Crippen molar-refractivity contribution in [1.29, 1.82) is 0 Å². The Morgan fingerprint density at radius 2 is 1.95 bits per heavy atom. The first-order valence-corrected chi connectivity index (χ1v) is 14.1. The number of rotatable bonds is 12. The van der Waals surface area contributed by atoms with Crippen LogP contribution in [-0.2, 0) is 23.9 Å². The van der Waals surface area contributed by atoms with Crippen LogP contribution >= 0.6 is 0 Å². The number of fused-ring (bicyclic) bond motifs is 1. The third-order valence-electron chi connectivity index (χ3n) is 9.20. The van der Waals surface area contributed by atoms with Crippen LogP contribution in [0.4, 0.5) is 5.69 Å². The Kier molecular flexibility index (Phi) is 8.42. The molecule has 7 atom stereocenters. The standard InChI is InChI=1S/C30H42N2O7/c1-7-17-31(20-11-13-21(37-6)14-12-20)27(35)25-30-16-15-29(9-3,39-30)24(28(36)38-10-4)23(30)26(34)32(25)22(18-33)19(5)8-2/h7,11-14,19,22-25,33H,1,8-10,15-18H2,2-6H3/t19-,22-,23-,24-,25?,29+,30?/m0/s1. The lowest BCUT2D eigenvalue weighted by Gasteiger charge is -2.41. The van der Waals surface area contributed by atoms with E-state index in [0.29, 0.717) is 37.1 Å². The van der Waals surface area contributed by atoms with Gasteiger partial charge in [0.1, 0.15) is 23.3 Å². The van der Waals surface area contributed by atoms with Gasteiger partial charge >= 0.3 is 5.97 Å². The molecular formula is C30H42N2O7. The average molecular weight is 543 g/mol. The number of aliphatic hydroxyl groups is 1. The largest absolute Gasteiger partial charge is 0.497 e. The second kappa shape index (κ2) is 11.3. The molecule has 214 valence electrons. The highest BCUT2D eigenvalue weighted by Crippen LogP contribution is 2.65. The third kappa shape index (κ3) is 4.43. The monoisotopic (exact) mass is 542 g/mol. The van der Waals surface area contributed by atoms with E-state index in [1.807, 2.05) is 20.8 Å². The number of esters is 1. The number of ether oxygens (including phenoxy) is 3. The third-order valence-corrected chi connectivity index (χ3v) is 9.20. The normalized spacial score (nSPS) is 30.6. The average Bonchev–Trinajstić information content (AvgIpc) is 3.56. The molecule has 3 fully saturated rings. The predicted molar refractivity (Wildman–Crippen MR) is 146 cm³/mol. The number of methoxy groups -OCH3 is 1. The van der Waals surface area contributed by atoms with Gasteiger partial charge in [0.25, 0.3) is 5.91 Å². The van der Waals surface area contributed by atoms with Crippen molar-refractivity contribution in [2.75, 3.05) is 31.8 Å². The van der Waals surface area contributed by atoms with Crippen LogP contribution in [0.15, 0.2) is 36.9 Å². The molecule has 9 nitrogen and oxygen atoms in total. The van der Waals surface area contributed by atoms with Crippen molar-refractivity contribution in [2.45, 2.75) is 76.7 Å². The van der Waals surface area contributed by atoms with Crippen LogP contribution in [0.1, 0.15) is 53.4 Å². The van der Waals surface area contributed by atoms with Gasteiger partial charge in [-0.25, -0.2) is 0 Å². The minimum absolute atomic E-state index is 0.0864. The minimum atomic E-state index is -1.20. The second-order valence-electron chi connectivity index (χ2n) is 10.9. The summed E-state index contributed by atoms with van der Waals surface area (Å²) in [7, 11) is 1.57. The van der Waals surface area contributed by atoms with Crippen LogP contribution in [0.3, 0.4) is 0 Å². The van der Waals surface area contributed by atoms with Crippen molar-refractivity contribution in [2.24, 2.45) is 17.8 Å². The van der Waals surface area contributed by atoms with E-state index in [2.05, 4.69) is 6.58 Å². The number of aliphatic hydroxyl groups excluding tert-OH is 1. The maximum atomic E-state index is 14.7. The molecular weight excluding hydrogens is 500 g/mol. The summed E-state index contributed by atoms with van der Waals surface area (Å²) in [6.45, 7) is 11.6. The van der Waals surface area contributed by atoms with Crippen LogP contribution in [-0.4, -0.2) is 77.9 Å². The molecule has 3 aliphatic heterocycles. The molecule has 0 aliphatic carbocycles. The Balaban J connectivity index is 1.87. The molecule has 9 heteroatoms. The van der Waals surface area contributed by atoms with Crippen LogP contribution in [0.2, 0.25) is 0 Å². The number of nitrogens with zero attached hydrogens (tertiary/aromatic N) is 2. The van der Waals surface area contributed by atoms with Crippen molar-refractivity contribution >= 4 is 23.5 Å². The van der Waals surface area contributed by atoms with Crippen molar-refractivity contribution in [3.05, 3.63) is 36.9 Å². The van der Waals surface area contributed by atoms with E-state index in [0.717, 1.165) is 0 Å². The zero-order valence-electron chi connectivity index (χ0n) is 23.7. The Hall–Kier alpha value is -2.91. The highest BCUT2D eigenvalue weighted by molar-refractivity contribution is 6.05. The Morgan fingerprint density at radius 3 is 2.49 bits per heavy atom. The number of anilines is 1. The molecule has 3 heterocycles. The van der Waals surface area contributed by atoms with E-state index in [4.69, 9.17) is 14.2 Å². The molecule has 2 unspecified atom stereocenters. The van der Waals surface area contributed by atoms with Crippen LogP contribution < -0.4 is 9.64 Å². The maximum absolute atomic E-state index is 14.7. The molecule has 4 rings (SSSR count). The summed E-state index contributed by atoms with van der Waals surface area (Å²) in [5, 5.41) is 10.5. The topological polar surface area (TPSA) is 106 Å². The fourth-order valence-electron chi connectivity index (χ4n) is 7.06. The zero-order valence-corrected chi connectivity index (χ0v) is 23.7. The van der Waals surface area contributed by atoms with Crippen molar-refractivity contribution in [1.82, 2.24) is 4.90 Å². The van der Waals surface area contributed by atoms with Gasteiger partial charge in [-0.05, 0) is 56.4 Å². The van der Waals surface area contributed by atoms with E-state index in [9.17, 15) is 19.5 Å². The molecule has 3 saturated heterocycles. The van der Waals surface area contributed by atoms with Gasteiger partial charge in [-0.1, -0.05) is 33.3 Å². The van der Waals surface area contributed by atoms with Gasteiger partial charge in [0.05, 0.1) is 37.9 Å². The first-order valence-electron chi connectivity index (χ1n) is 14.1. The molecule has 0 aromatic heterocycles. The highest BCUT2D eigenvalue weighted by atomic mass is 16.6. The van der Waals surface area contributed by atoms with Crippen LogP contribution in [0.25, 0.3) is 0 Å². The smallest absolute Gasteiger partial charge is 0.312 e. The fourth-order valence-corrected chi connectivity index (χ4v) is 7.06. The number of carbonyl (C=O) groups is 3. The van der Waals surface area contributed by atoms with Crippen LogP contribution in [0, 0.1) is 17.8 Å². The number of hydrogen-bond donors (Lipinski definition) is 1. The lowest BCUT2D eigenvalue weighted by atomic mass is 9.65. The first kappa shape index (κ1) is 29.1. The lowest BCUT2D eigenvalue weighted by molar-refractivity contribution is -0.162. The van der Waals surface area contributed by atoms with E-state index < -0.39 is 41.1 Å². The number of carbonyl (C=O) groups excluding carboxylic acids is 3. The Labute approximate surface area is 231 Å². The van der Waals surface area contributed by atoms with E-state index in [1.54, 1.807) is 49.3 Å². The van der Waals surface area contributed by atoms with Gasteiger partial charge in [-0.3, -0.25) is 14.4 Å². The van der Waals surface area contributed by atoms with Gasteiger partial charge in [-0.15, -0.1) is 6.58 Å². The summed E-state index contributed by atoms with van der Waals surface area (Å²) in [5.41, 5.74) is -1.45. The number of hydrogen-bond acceptors (Lipinski definition) is 7. The summed E-state index contributed by atoms with van der Waals surface area (Å²) < 4.78 is 17.6. The molecule has 3 aliphatic rings. The van der Waals surface area contributed by atoms with E-state index in [1.165, 1.54) is 4.90 Å². The van der Waals surface area contributed by atoms with Gasteiger partial charge in [-0.2, -0.15) is 0 Å². The highest BCUT2D eigenvalue weighted by Gasteiger charge is 2.79. The predicted octanol–water partition coefficient (Wildman–Crippen LogP) is 3.34. The van der Waals surface area contributed by atoms with Crippen molar-refractivity contribution in [3.63, 3.8) is 0 Å². The maximum Gasteiger partial charge on any atom is 0.312 e. The van der Waals surface area contributed by atoms with Gasteiger partial charge in [0, 0.05) is 12.2 Å². The van der Waals surface area contributed by atoms with Crippen molar-refractivity contribution < 1.29 is 33.7 Å². The SMILES string of the molecule is C=CCN(C(=O)C1N([C@@H](CO)[C@@H](C)CC)C(=O)[C@@H]2[C@@H](C(=O)OCC)[C@@]3(CC)CCC12O3)c1ccc(OC)cc1. The van der Waals surface area contributed by atoms with Crippen LogP contribution in [0.5, 0.6) is 5.75 Å². The molecule has 1 spiro atoms. The van der Waals surface area contributed by atoms with Crippen molar-refractivity contribution in [3.8, 4) is 5.75 Å². The van der Waals surface area contributed by atoms with Gasteiger partial charge in [0.2, 0.25) is 5.91 Å². The quantitative estimate of drug-likeness (QED) is 0.319. The molecule has 0 saturated carbocycles. The lowest BCUT2D eigenvalue weighted by Crippen LogP contribution is -2.60. The number of likely N-dealkylation sites (tertiary alicyclic amines) is 1. The number of amides is 2. The molecule has 39 heavy (non-hydrogen) atoms. The summed E-state index contributed by atoms with van der Waals surface area (Å²) in [6, 6.07) is 5.49. The number of benzene rings is 1. The first-order chi connectivity index (χ1) is 18.7. The summed E-state index contributed by atoms with van der Waals surface area (Å²) in [6.07, 6.45) is 3.86. The van der Waals surface area contributed by atoms with Gasteiger partial charge in [0.15, 0.2) is 0 Å². The molecule has 0 radical (unpaired) electrons. The molecule has 1 N–H and O–H groups in total. The fraction of sp³-hybridized carbons (Fsp3) is 0.633. The summed E-state index contributed by atoms with van der Waals surface area (Å²) in [4.78, 5) is 45.6. The molecule has 1 aromatic rings. The summed E-state index contributed by atoms with van der Waals surface area (Å²) >= 11 is 0. The van der Waals surface area contributed by atoms with Gasteiger partial charge < -0.3 is 29.1 Å². The second-order valence-corrected chi connectivity index (χ2v) is 10.9. The minimum Gasteiger partial charge on any atom is -0.497 e. The molecule has 1 aromatic carbocycles.